The molecule has 0 aliphatic carbocycles. The molecule has 2 N–H and O–H groups in total. The van der Waals surface area contributed by atoms with Gasteiger partial charge in [0, 0.05) is 24.0 Å². The van der Waals surface area contributed by atoms with Gasteiger partial charge in [0.1, 0.15) is 0 Å². The van der Waals surface area contributed by atoms with E-state index in [9.17, 15) is 4.79 Å². The van der Waals surface area contributed by atoms with Crippen molar-refractivity contribution in [2.45, 2.75) is 20.3 Å². The molecule has 0 saturated carbocycles. The van der Waals surface area contributed by atoms with Gasteiger partial charge in [0.2, 0.25) is 5.76 Å². The van der Waals surface area contributed by atoms with Crippen LogP contribution in [0, 0.1) is 6.92 Å². The molecule has 0 unspecified atom stereocenters. The third kappa shape index (κ3) is 2.93. The van der Waals surface area contributed by atoms with E-state index in [1.54, 1.807) is 30.0 Å². The lowest BCUT2D eigenvalue weighted by molar-refractivity contribution is 0.0951. The molecule has 19 heavy (non-hydrogen) atoms. The molecule has 0 bridgehead atoms. The Balaban J connectivity index is 2.32. The van der Waals surface area contributed by atoms with Gasteiger partial charge in [0.25, 0.3) is 5.91 Å². The molecule has 0 aliphatic heterocycles. The van der Waals surface area contributed by atoms with Gasteiger partial charge in [-0.3, -0.25) is 4.79 Å². The first-order chi connectivity index (χ1) is 9.11. The number of nitrogen functional groups attached to an aromatic ring is 1. The number of nitrogens with zero attached hydrogens (tertiary/aromatic N) is 2. The molecule has 0 radical (unpaired) electrons. The molecule has 1 heterocycles. The standard InChI is InChI=1S/C14H17N3O2/c1-3-7-17(12-6-4-5-11(15)9-12)14(18)13-8-10(2)16-19-13/h4-6,8-9H,3,7,15H2,1-2H3. The fourth-order valence-corrected chi connectivity index (χ4v) is 1.86. The summed E-state index contributed by atoms with van der Waals surface area (Å²) in [4.78, 5) is 14.1. The highest BCUT2D eigenvalue weighted by Crippen LogP contribution is 2.20. The van der Waals surface area contributed by atoms with Crippen molar-refractivity contribution in [2.75, 3.05) is 17.2 Å². The quantitative estimate of drug-likeness (QED) is 0.857. The third-order valence-corrected chi connectivity index (χ3v) is 2.71. The van der Waals surface area contributed by atoms with Crippen molar-refractivity contribution in [3.8, 4) is 0 Å². The van der Waals surface area contributed by atoms with E-state index in [1.807, 2.05) is 19.1 Å². The van der Waals surface area contributed by atoms with Gasteiger partial charge in [-0.05, 0) is 31.5 Å². The SMILES string of the molecule is CCCN(C(=O)c1cc(C)no1)c1cccc(N)c1. The van der Waals surface area contributed by atoms with Gasteiger partial charge in [0.15, 0.2) is 0 Å². The Morgan fingerprint density at radius 3 is 2.79 bits per heavy atom. The Hall–Kier alpha value is -2.30. The largest absolute Gasteiger partial charge is 0.399 e. The van der Waals surface area contributed by atoms with Gasteiger partial charge in [0.05, 0.1) is 5.69 Å². The van der Waals surface area contributed by atoms with Crippen LogP contribution in [0.4, 0.5) is 11.4 Å². The lowest BCUT2D eigenvalue weighted by Gasteiger charge is -2.21. The first-order valence-corrected chi connectivity index (χ1v) is 6.22. The number of aromatic nitrogens is 1. The molecule has 0 aliphatic rings. The molecular weight excluding hydrogens is 242 g/mol. The summed E-state index contributed by atoms with van der Waals surface area (Å²) < 4.78 is 5.03. The number of anilines is 2. The van der Waals surface area contributed by atoms with Gasteiger partial charge in [-0.15, -0.1) is 0 Å². The predicted octanol–water partition coefficient (Wildman–Crippen LogP) is 2.62. The minimum absolute atomic E-state index is 0.201. The second kappa shape index (κ2) is 5.56. The minimum atomic E-state index is -0.201. The Labute approximate surface area is 112 Å². The van der Waals surface area contributed by atoms with Gasteiger partial charge < -0.3 is 15.2 Å². The van der Waals surface area contributed by atoms with Crippen LogP contribution in [-0.4, -0.2) is 17.6 Å². The molecule has 2 aromatic rings. The molecule has 1 aromatic heterocycles. The summed E-state index contributed by atoms with van der Waals surface area (Å²) >= 11 is 0. The highest BCUT2D eigenvalue weighted by molar-refractivity contribution is 6.04. The third-order valence-electron chi connectivity index (χ3n) is 2.71. The smallest absolute Gasteiger partial charge is 0.296 e. The number of carbonyl (C=O) groups is 1. The molecule has 5 nitrogen and oxygen atoms in total. The Bertz CT molecular complexity index is 578. The zero-order valence-electron chi connectivity index (χ0n) is 11.1. The lowest BCUT2D eigenvalue weighted by atomic mass is 10.2. The molecule has 0 fully saturated rings. The average molecular weight is 259 g/mol. The number of amides is 1. The van der Waals surface area contributed by atoms with Gasteiger partial charge in [-0.1, -0.05) is 18.1 Å². The van der Waals surface area contributed by atoms with Crippen LogP contribution in [0.1, 0.15) is 29.6 Å². The zero-order chi connectivity index (χ0) is 13.8. The molecule has 2 rings (SSSR count). The summed E-state index contributed by atoms with van der Waals surface area (Å²) in [7, 11) is 0. The van der Waals surface area contributed by atoms with E-state index in [4.69, 9.17) is 10.3 Å². The average Bonchev–Trinajstić information content (AvgIpc) is 2.82. The van der Waals surface area contributed by atoms with E-state index in [0.29, 0.717) is 17.9 Å². The maximum Gasteiger partial charge on any atom is 0.296 e. The maximum absolute atomic E-state index is 12.4. The van der Waals surface area contributed by atoms with Gasteiger partial charge in [-0.2, -0.15) is 0 Å². The normalized spacial score (nSPS) is 10.4. The molecular formula is C14H17N3O2. The second-order valence-corrected chi connectivity index (χ2v) is 4.38. The number of carbonyl (C=O) groups excluding carboxylic acids is 1. The van der Waals surface area contributed by atoms with Crippen molar-refractivity contribution in [1.82, 2.24) is 5.16 Å². The van der Waals surface area contributed by atoms with Crippen molar-refractivity contribution in [2.24, 2.45) is 0 Å². The first kappa shape index (κ1) is 13.1. The number of nitrogens with two attached hydrogens (primary N) is 1. The van der Waals surface area contributed by atoms with Crippen LogP contribution in [0.3, 0.4) is 0 Å². The number of rotatable bonds is 4. The van der Waals surface area contributed by atoms with Crippen LogP contribution in [0.15, 0.2) is 34.9 Å². The molecule has 0 spiro atoms. The summed E-state index contributed by atoms with van der Waals surface area (Å²) in [5.41, 5.74) is 7.84. The highest BCUT2D eigenvalue weighted by Gasteiger charge is 2.20. The minimum Gasteiger partial charge on any atom is -0.399 e. The number of benzene rings is 1. The van der Waals surface area contributed by atoms with E-state index in [-0.39, 0.29) is 11.7 Å². The van der Waals surface area contributed by atoms with E-state index >= 15 is 0 Å². The van der Waals surface area contributed by atoms with Crippen molar-refractivity contribution < 1.29 is 9.32 Å². The van der Waals surface area contributed by atoms with Crippen LogP contribution in [0.25, 0.3) is 0 Å². The first-order valence-electron chi connectivity index (χ1n) is 6.22. The summed E-state index contributed by atoms with van der Waals surface area (Å²) in [6.45, 7) is 4.39. The van der Waals surface area contributed by atoms with E-state index < -0.39 is 0 Å². The predicted molar refractivity (Wildman–Crippen MR) is 74.1 cm³/mol. The summed E-state index contributed by atoms with van der Waals surface area (Å²) in [5, 5.41) is 3.74. The fourth-order valence-electron chi connectivity index (χ4n) is 1.86. The Morgan fingerprint density at radius 2 is 2.21 bits per heavy atom. The Kier molecular flexibility index (Phi) is 3.85. The summed E-state index contributed by atoms with van der Waals surface area (Å²) in [6.07, 6.45) is 0.841. The fraction of sp³-hybridized carbons (Fsp3) is 0.286. The summed E-state index contributed by atoms with van der Waals surface area (Å²) in [5.74, 6) is 0.0430. The van der Waals surface area contributed by atoms with Crippen LogP contribution >= 0.6 is 0 Å². The zero-order valence-corrected chi connectivity index (χ0v) is 11.1. The van der Waals surface area contributed by atoms with Crippen molar-refractivity contribution in [3.05, 3.63) is 41.8 Å². The summed E-state index contributed by atoms with van der Waals surface area (Å²) in [6, 6.07) is 8.88. The van der Waals surface area contributed by atoms with Crippen LogP contribution in [0.2, 0.25) is 0 Å². The molecule has 5 heteroatoms. The Morgan fingerprint density at radius 1 is 1.42 bits per heavy atom. The molecule has 0 atom stereocenters. The van der Waals surface area contributed by atoms with Gasteiger partial charge in [-0.25, -0.2) is 0 Å². The number of aryl methyl sites for hydroxylation is 1. The topological polar surface area (TPSA) is 72.4 Å². The van der Waals surface area contributed by atoms with Crippen molar-refractivity contribution >= 4 is 17.3 Å². The lowest BCUT2D eigenvalue weighted by Crippen LogP contribution is -2.31. The number of hydrogen-bond donors (Lipinski definition) is 1. The molecule has 1 aromatic carbocycles. The van der Waals surface area contributed by atoms with Crippen LogP contribution in [0.5, 0.6) is 0 Å². The van der Waals surface area contributed by atoms with E-state index in [2.05, 4.69) is 5.16 Å². The van der Waals surface area contributed by atoms with Crippen LogP contribution in [-0.2, 0) is 0 Å². The maximum atomic E-state index is 12.4. The van der Waals surface area contributed by atoms with Crippen molar-refractivity contribution in [1.29, 1.82) is 0 Å². The monoisotopic (exact) mass is 259 g/mol. The number of hydrogen-bond acceptors (Lipinski definition) is 4. The molecule has 0 saturated heterocycles. The molecule has 100 valence electrons. The van der Waals surface area contributed by atoms with E-state index in [0.717, 1.165) is 12.1 Å². The van der Waals surface area contributed by atoms with E-state index in [1.165, 1.54) is 0 Å². The highest BCUT2D eigenvalue weighted by atomic mass is 16.5. The van der Waals surface area contributed by atoms with Gasteiger partial charge >= 0.3 is 0 Å². The van der Waals surface area contributed by atoms with Crippen molar-refractivity contribution in [3.63, 3.8) is 0 Å². The second-order valence-electron chi connectivity index (χ2n) is 4.38. The van der Waals surface area contributed by atoms with Crippen LogP contribution < -0.4 is 10.6 Å². The molecule has 1 amide bonds.